The van der Waals surface area contributed by atoms with Gasteiger partial charge in [0, 0.05) is 11.7 Å². The summed E-state index contributed by atoms with van der Waals surface area (Å²) in [5, 5.41) is 18.2. The number of aryl methyl sites for hydroxylation is 1. The number of pyridine rings is 1. The van der Waals surface area contributed by atoms with E-state index in [-0.39, 0.29) is 12.0 Å². The first-order valence-corrected chi connectivity index (χ1v) is 4.50. The zero-order chi connectivity index (χ0) is 10.7. The zero-order valence-corrected chi connectivity index (χ0v) is 8.56. The van der Waals surface area contributed by atoms with Crippen LogP contribution in [0.4, 0.5) is 0 Å². The van der Waals surface area contributed by atoms with Gasteiger partial charge in [-0.15, -0.1) is 0 Å². The Bertz CT molecular complexity index is 315. The van der Waals surface area contributed by atoms with Gasteiger partial charge in [0.05, 0.1) is 6.10 Å². The molecule has 2 N–H and O–H groups in total. The van der Waals surface area contributed by atoms with E-state index >= 15 is 0 Å². The molecule has 0 bridgehead atoms. The topological polar surface area (TPSA) is 62.6 Å². The summed E-state index contributed by atoms with van der Waals surface area (Å²) in [6.45, 7) is 5.54. The molecule has 1 aromatic rings. The van der Waals surface area contributed by atoms with E-state index in [1.54, 1.807) is 12.3 Å². The molecule has 0 aliphatic heterocycles. The monoisotopic (exact) mass is 195 g/mol. The van der Waals surface area contributed by atoms with Crippen LogP contribution >= 0.6 is 0 Å². The molecule has 0 unspecified atom stereocenters. The molecule has 0 spiro atoms. The fourth-order valence-electron chi connectivity index (χ4n) is 1.09. The lowest BCUT2D eigenvalue weighted by molar-refractivity contribution is 0.234. The molecule has 76 valence electrons. The van der Waals surface area contributed by atoms with Gasteiger partial charge in [-0.25, -0.2) is 4.98 Å². The Labute approximate surface area is 83.7 Å². The molecular formula is C9H14BNO3. The van der Waals surface area contributed by atoms with E-state index in [2.05, 4.69) is 4.98 Å². The Balaban J connectivity index is 3.02. The van der Waals surface area contributed by atoms with Gasteiger partial charge >= 0.3 is 7.12 Å². The van der Waals surface area contributed by atoms with E-state index in [1.165, 1.54) is 0 Å². The summed E-state index contributed by atoms with van der Waals surface area (Å²) in [4.78, 5) is 4.00. The molecule has 0 atom stereocenters. The second-order valence-corrected chi connectivity index (χ2v) is 3.45. The van der Waals surface area contributed by atoms with Crippen LogP contribution in [0.5, 0.6) is 5.88 Å². The van der Waals surface area contributed by atoms with Crippen molar-refractivity contribution in [2.45, 2.75) is 26.9 Å². The molecule has 0 saturated heterocycles. The summed E-state index contributed by atoms with van der Waals surface area (Å²) in [7, 11) is -1.55. The van der Waals surface area contributed by atoms with Crippen molar-refractivity contribution >= 4 is 12.6 Å². The van der Waals surface area contributed by atoms with Crippen LogP contribution in [-0.4, -0.2) is 28.3 Å². The summed E-state index contributed by atoms with van der Waals surface area (Å²) >= 11 is 0. The van der Waals surface area contributed by atoms with Gasteiger partial charge < -0.3 is 14.8 Å². The number of aromatic nitrogens is 1. The predicted octanol–water partition coefficient (Wildman–Crippen LogP) is -0.143. The molecule has 0 aliphatic carbocycles. The smallest absolute Gasteiger partial charge is 0.475 e. The molecule has 0 fully saturated rings. The second-order valence-electron chi connectivity index (χ2n) is 3.45. The summed E-state index contributed by atoms with van der Waals surface area (Å²) in [6.07, 6.45) is 1.59. The molecule has 1 aromatic heterocycles. The van der Waals surface area contributed by atoms with Crippen molar-refractivity contribution in [2.75, 3.05) is 0 Å². The minimum atomic E-state index is -1.55. The first-order chi connectivity index (χ1) is 6.50. The van der Waals surface area contributed by atoms with E-state index in [0.29, 0.717) is 5.46 Å². The van der Waals surface area contributed by atoms with E-state index in [1.807, 2.05) is 20.8 Å². The standard InChI is InChI=1S/C9H14BNO3/c1-6(2)14-9-8(10(12)13)4-7(3)5-11-9/h4-6,12-13H,1-3H3. The Morgan fingerprint density at radius 3 is 2.57 bits per heavy atom. The second kappa shape index (κ2) is 4.44. The quantitative estimate of drug-likeness (QED) is 0.658. The normalized spacial score (nSPS) is 10.4. The highest BCUT2D eigenvalue weighted by atomic mass is 16.5. The first kappa shape index (κ1) is 11.0. The maximum absolute atomic E-state index is 9.08. The molecule has 0 saturated carbocycles. The Hall–Kier alpha value is -1.07. The van der Waals surface area contributed by atoms with Crippen LogP contribution in [0.3, 0.4) is 0 Å². The van der Waals surface area contributed by atoms with Crippen LogP contribution < -0.4 is 10.2 Å². The van der Waals surface area contributed by atoms with Gasteiger partial charge in [-0.3, -0.25) is 0 Å². The zero-order valence-electron chi connectivity index (χ0n) is 8.56. The molecule has 1 rings (SSSR count). The maximum atomic E-state index is 9.08. The van der Waals surface area contributed by atoms with Crippen LogP contribution in [0.15, 0.2) is 12.3 Å². The Morgan fingerprint density at radius 1 is 1.43 bits per heavy atom. The van der Waals surface area contributed by atoms with E-state index in [9.17, 15) is 0 Å². The van der Waals surface area contributed by atoms with Crippen molar-refractivity contribution < 1.29 is 14.8 Å². The van der Waals surface area contributed by atoms with Crippen molar-refractivity contribution in [3.63, 3.8) is 0 Å². The van der Waals surface area contributed by atoms with Gasteiger partial charge in [0.1, 0.15) is 0 Å². The fraction of sp³-hybridized carbons (Fsp3) is 0.444. The van der Waals surface area contributed by atoms with Crippen molar-refractivity contribution in [3.05, 3.63) is 17.8 Å². The van der Waals surface area contributed by atoms with Gasteiger partial charge in [-0.2, -0.15) is 0 Å². The number of hydrogen-bond acceptors (Lipinski definition) is 4. The third kappa shape index (κ3) is 2.72. The number of hydrogen-bond donors (Lipinski definition) is 2. The van der Waals surface area contributed by atoms with Crippen molar-refractivity contribution in [1.29, 1.82) is 0 Å². The van der Waals surface area contributed by atoms with Crippen LogP contribution in [0.25, 0.3) is 0 Å². The highest BCUT2D eigenvalue weighted by Gasteiger charge is 2.19. The minimum Gasteiger partial charge on any atom is -0.475 e. The fourth-order valence-corrected chi connectivity index (χ4v) is 1.09. The van der Waals surface area contributed by atoms with Crippen molar-refractivity contribution in [3.8, 4) is 5.88 Å². The average molecular weight is 195 g/mol. The van der Waals surface area contributed by atoms with E-state index < -0.39 is 7.12 Å². The third-order valence-corrected chi connectivity index (χ3v) is 1.64. The predicted molar refractivity (Wildman–Crippen MR) is 54.6 cm³/mol. The molecule has 14 heavy (non-hydrogen) atoms. The lowest BCUT2D eigenvalue weighted by atomic mass is 9.80. The highest BCUT2D eigenvalue weighted by Crippen LogP contribution is 2.07. The van der Waals surface area contributed by atoms with Gasteiger partial charge in [0.15, 0.2) is 0 Å². The summed E-state index contributed by atoms with van der Waals surface area (Å²) < 4.78 is 5.33. The molecule has 1 heterocycles. The lowest BCUT2D eigenvalue weighted by Gasteiger charge is -2.12. The van der Waals surface area contributed by atoms with Gasteiger partial charge in [0.2, 0.25) is 5.88 Å². The van der Waals surface area contributed by atoms with Gasteiger partial charge in [-0.1, -0.05) is 6.07 Å². The molecule has 0 radical (unpaired) electrons. The summed E-state index contributed by atoms with van der Waals surface area (Å²) in [5.41, 5.74) is 1.17. The SMILES string of the molecule is Cc1cnc(OC(C)C)c(B(O)O)c1. The average Bonchev–Trinajstić information content (AvgIpc) is 2.07. The lowest BCUT2D eigenvalue weighted by Crippen LogP contribution is -2.33. The van der Waals surface area contributed by atoms with Crippen LogP contribution in [0.2, 0.25) is 0 Å². The third-order valence-electron chi connectivity index (χ3n) is 1.64. The van der Waals surface area contributed by atoms with Crippen molar-refractivity contribution in [2.24, 2.45) is 0 Å². The maximum Gasteiger partial charge on any atom is 0.494 e. The Kier molecular flexibility index (Phi) is 3.49. The van der Waals surface area contributed by atoms with E-state index in [4.69, 9.17) is 14.8 Å². The van der Waals surface area contributed by atoms with Gasteiger partial charge in [0.25, 0.3) is 0 Å². The van der Waals surface area contributed by atoms with Crippen molar-refractivity contribution in [1.82, 2.24) is 4.98 Å². The summed E-state index contributed by atoms with van der Waals surface area (Å²) in [6, 6.07) is 1.65. The number of nitrogens with zero attached hydrogens (tertiary/aromatic N) is 1. The highest BCUT2D eigenvalue weighted by molar-refractivity contribution is 6.59. The minimum absolute atomic E-state index is 0.0392. The Morgan fingerprint density at radius 2 is 2.07 bits per heavy atom. The number of ether oxygens (including phenoxy) is 1. The molecule has 0 aliphatic rings. The number of rotatable bonds is 3. The van der Waals surface area contributed by atoms with Crippen LogP contribution in [0.1, 0.15) is 19.4 Å². The molecular weight excluding hydrogens is 181 g/mol. The van der Waals surface area contributed by atoms with Gasteiger partial charge in [-0.05, 0) is 26.3 Å². The molecule has 4 nitrogen and oxygen atoms in total. The first-order valence-electron chi connectivity index (χ1n) is 4.50. The molecule has 0 amide bonds. The molecule has 5 heteroatoms. The van der Waals surface area contributed by atoms with Crippen LogP contribution in [0, 0.1) is 6.92 Å². The van der Waals surface area contributed by atoms with Crippen LogP contribution in [-0.2, 0) is 0 Å². The molecule has 0 aromatic carbocycles. The summed E-state index contributed by atoms with van der Waals surface area (Å²) in [5.74, 6) is 0.278. The largest absolute Gasteiger partial charge is 0.494 e. The van der Waals surface area contributed by atoms with E-state index in [0.717, 1.165) is 5.56 Å².